The summed E-state index contributed by atoms with van der Waals surface area (Å²) in [6, 6.07) is 0. The monoisotopic (exact) mass is 224 g/mol. The highest BCUT2D eigenvalue weighted by atomic mass is 16.4. The molecule has 0 radical (unpaired) electrons. The van der Waals surface area contributed by atoms with Gasteiger partial charge in [0.2, 0.25) is 0 Å². The lowest BCUT2D eigenvalue weighted by Crippen LogP contribution is -2.47. The van der Waals surface area contributed by atoms with E-state index in [0.717, 1.165) is 19.5 Å². The molecule has 0 unspecified atom stereocenters. The first-order valence-electron chi connectivity index (χ1n) is 5.90. The van der Waals surface area contributed by atoms with Gasteiger partial charge in [-0.1, -0.05) is 32.4 Å². The molecule has 1 heterocycles. The van der Waals surface area contributed by atoms with Crippen LogP contribution >= 0.6 is 0 Å². The Morgan fingerprint density at radius 1 is 1.31 bits per heavy atom. The molecule has 0 aromatic carbocycles. The maximum absolute atomic E-state index is 8.64. The summed E-state index contributed by atoms with van der Waals surface area (Å²) in [6.07, 6.45) is 5.02. The van der Waals surface area contributed by atoms with Gasteiger partial charge in [0.15, 0.2) is 0 Å². The SMILES string of the molecule is CC(C)(C)C1=CCN(C(C)(C)/C=N\O)CC1. The number of oxime groups is 1. The largest absolute Gasteiger partial charge is 0.411 e. The predicted molar refractivity (Wildman–Crippen MR) is 68.1 cm³/mol. The lowest BCUT2D eigenvalue weighted by Gasteiger charge is -2.39. The van der Waals surface area contributed by atoms with Gasteiger partial charge in [-0.25, -0.2) is 0 Å². The second kappa shape index (κ2) is 4.58. The maximum Gasteiger partial charge on any atom is 0.0633 e. The fourth-order valence-electron chi connectivity index (χ4n) is 2.10. The van der Waals surface area contributed by atoms with Gasteiger partial charge in [-0.05, 0) is 25.7 Å². The fourth-order valence-corrected chi connectivity index (χ4v) is 2.10. The van der Waals surface area contributed by atoms with Crippen LogP contribution in [0.15, 0.2) is 16.8 Å². The summed E-state index contributed by atoms with van der Waals surface area (Å²) in [6.45, 7) is 12.9. The first-order valence-corrected chi connectivity index (χ1v) is 5.90. The van der Waals surface area contributed by atoms with Crippen molar-refractivity contribution in [3.8, 4) is 0 Å². The average Bonchev–Trinajstić information content (AvgIpc) is 2.16. The Kier molecular flexibility index (Phi) is 3.79. The van der Waals surface area contributed by atoms with Crippen molar-refractivity contribution in [3.63, 3.8) is 0 Å². The Morgan fingerprint density at radius 3 is 2.31 bits per heavy atom. The summed E-state index contributed by atoms with van der Waals surface area (Å²) in [5, 5.41) is 11.8. The zero-order valence-electron chi connectivity index (χ0n) is 11.1. The first-order chi connectivity index (χ1) is 7.27. The molecule has 0 aromatic heterocycles. The summed E-state index contributed by atoms with van der Waals surface area (Å²) in [5.74, 6) is 0. The summed E-state index contributed by atoms with van der Waals surface area (Å²) in [4.78, 5) is 2.32. The van der Waals surface area contributed by atoms with Crippen LogP contribution in [0.3, 0.4) is 0 Å². The molecule has 1 N–H and O–H groups in total. The minimum atomic E-state index is -0.172. The van der Waals surface area contributed by atoms with Crippen LogP contribution in [-0.2, 0) is 0 Å². The number of rotatable bonds is 2. The topological polar surface area (TPSA) is 35.8 Å². The van der Waals surface area contributed by atoms with Crippen LogP contribution in [0.2, 0.25) is 0 Å². The molecule has 0 atom stereocenters. The molecule has 1 aliphatic rings. The third-order valence-corrected chi connectivity index (χ3v) is 3.36. The number of hydrogen-bond acceptors (Lipinski definition) is 3. The van der Waals surface area contributed by atoms with E-state index in [-0.39, 0.29) is 11.0 Å². The number of hydrogen-bond donors (Lipinski definition) is 1. The minimum Gasteiger partial charge on any atom is -0.411 e. The Labute approximate surface area is 98.8 Å². The average molecular weight is 224 g/mol. The summed E-state index contributed by atoms with van der Waals surface area (Å²) in [5.41, 5.74) is 1.64. The second-order valence-corrected chi connectivity index (χ2v) is 6.07. The van der Waals surface area contributed by atoms with Crippen LogP contribution < -0.4 is 0 Å². The fraction of sp³-hybridized carbons (Fsp3) is 0.769. The van der Waals surface area contributed by atoms with Crippen molar-refractivity contribution in [1.29, 1.82) is 0 Å². The van der Waals surface area contributed by atoms with E-state index in [0.29, 0.717) is 0 Å². The third-order valence-electron chi connectivity index (χ3n) is 3.36. The Morgan fingerprint density at radius 2 is 1.94 bits per heavy atom. The van der Waals surface area contributed by atoms with Gasteiger partial charge < -0.3 is 5.21 Å². The molecule has 0 saturated heterocycles. The lowest BCUT2D eigenvalue weighted by atomic mass is 9.82. The molecule has 3 heteroatoms. The Hall–Kier alpha value is -0.830. The standard InChI is InChI=1S/C13H24N2O/c1-12(2,3)11-6-8-15(9-7-11)13(4,5)10-14-16/h6,10,16H,7-9H2,1-5H3/b14-10-. The van der Waals surface area contributed by atoms with Gasteiger partial charge in [-0.3, -0.25) is 4.90 Å². The van der Waals surface area contributed by atoms with Gasteiger partial charge in [-0.2, -0.15) is 0 Å². The van der Waals surface area contributed by atoms with Crippen LogP contribution in [0.5, 0.6) is 0 Å². The Balaban J connectivity index is 2.71. The summed E-state index contributed by atoms with van der Waals surface area (Å²) < 4.78 is 0. The van der Waals surface area contributed by atoms with Crippen molar-refractivity contribution in [3.05, 3.63) is 11.6 Å². The van der Waals surface area contributed by atoms with Gasteiger partial charge in [-0.15, -0.1) is 5.16 Å². The van der Waals surface area contributed by atoms with Crippen molar-refractivity contribution in [2.24, 2.45) is 10.6 Å². The van der Waals surface area contributed by atoms with E-state index in [1.54, 1.807) is 6.21 Å². The number of nitrogens with zero attached hydrogens (tertiary/aromatic N) is 2. The molecule has 3 nitrogen and oxygen atoms in total. The zero-order chi connectivity index (χ0) is 12.4. The van der Waals surface area contributed by atoms with Gasteiger partial charge in [0.1, 0.15) is 0 Å². The van der Waals surface area contributed by atoms with E-state index < -0.39 is 0 Å². The zero-order valence-corrected chi connectivity index (χ0v) is 11.1. The van der Waals surface area contributed by atoms with Crippen LogP contribution in [0.1, 0.15) is 41.0 Å². The van der Waals surface area contributed by atoms with Crippen LogP contribution in [-0.4, -0.2) is 35.0 Å². The van der Waals surface area contributed by atoms with E-state index in [1.165, 1.54) is 5.57 Å². The molecule has 0 fully saturated rings. The van der Waals surface area contributed by atoms with E-state index in [1.807, 2.05) is 0 Å². The van der Waals surface area contributed by atoms with E-state index >= 15 is 0 Å². The minimum absolute atomic E-state index is 0.172. The molecule has 0 saturated carbocycles. The molecular formula is C13H24N2O. The highest BCUT2D eigenvalue weighted by Crippen LogP contribution is 2.31. The molecule has 0 aliphatic carbocycles. The van der Waals surface area contributed by atoms with E-state index in [9.17, 15) is 0 Å². The molecule has 1 aliphatic heterocycles. The molecule has 1 rings (SSSR count). The molecule has 0 spiro atoms. The van der Waals surface area contributed by atoms with Gasteiger partial charge in [0.25, 0.3) is 0 Å². The first kappa shape index (κ1) is 13.2. The van der Waals surface area contributed by atoms with E-state index in [2.05, 4.69) is 50.8 Å². The normalized spacial score (nSPS) is 20.2. The van der Waals surface area contributed by atoms with Gasteiger partial charge in [0, 0.05) is 13.1 Å². The quantitative estimate of drug-likeness (QED) is 0.339. The van der Waals surface area contributed by atoms with Crippen molar-refractivity contribution in [2.45, 2.75) is 46.6 Å². The molecule has 0 aromatic rings. The van der Waals surface area contributed by atoms with Crippen LogP contribution in [0.4, 0.5) is 0 Å². The van der Waals surface area contributed by atoms with E-state index in [4.69, 9.17) is 5.21 Å². The summed E-state index contributed by atoms with van der Waals surface area (Å²) >= 11 is 0. The van der Waals surface area contributed by atoms with Gasteiger partial charge in [0.05, 0.1) is 11.8 Å². The van der Waals surface area contributed by atoms with Crippen LogP contribution in [0.25, 0.3) is 0 Å². The third kappa shape index (κ3) is 3.08. The highest BCUT2D eigenvalue weighted by molar-refractivity contribution is 5.68. The Bertz CT molecular complexity index is 298. The highest BCUT2D eigenvalue weighted by Gasteiger charge is 2.29. The molecule has 0 amide bonds. The molecular weight excluding hydrogens is 200 g/mol. The van der Waals surface area contributed by atoms with Crippen molar-refractivity contribution in [2.75, 3.05) is 13.1 Å². The van der Waals surface area contributed by atoms with Crippen LogP contribution in [0, 0.1) is 5.41 Å². The maximum atomic E-state index is 8.64. The second-order valence-electron chi connectivity index (χ2n) is 6.07. The van der Waals surface area contributed by atoms with Crippen molar-refractivity contribution in [1.82, 2.24) is 4.90 Å². The van der Waals surface area contributed by atoms with Gasteiger partial charge >= 0.3 is 0 Å². The smallest absolute Gasteiger partial charge is 0.0633 e. The lowest BCUT2D eigenvalue weighted by molar-refractivity contribution is 0.184. The van der Waals surface area contributed by atoms with Crippen molar-refractivity contribution < 1.29 is 5.21 Å². The molecule has 16 heavy (non-hydrogen) atoms. The molecule has 92 valence electrons. The van der Waals surface area contributed by atoms with Crippen molar-refractivity contribution >= 4 is 6.21 Å². The molecule has 0 bridgehead atoms. The summed E-state index contributed by atoms with van der Waals surface area (Å²) in [7, 11) is 0. The predicted octanol–water partition coefficient (Wildman–Crippen LogP) is 2.90.